The Labute approximate surface area is 121 Å². The van der Waals surface area contributed by atoms with Gasteiger partial charge in [-0.1, -0.05) is 13.0 Å². The first-order chi connectivity index (χ1) is 9.46. The fraction of sp³-hybridized carbons (Fsp3) is 0.571. The first-order valence-electron chi connectivity index (χ1n) is 6.74. The van der Waals surface area contributed by atoms with Crippen molar-refractivity contribution < 1.29 is 13.2 Å². The fourth-order valence-electron chi connectivity index (χ4n) is 2.31. The monoisotopic (exact) mass is 304 g/mol. The normalized spacial score (nSPS) is 15.4. The summed E-state index contributed by atoms with van der Waals surface area (Å²) in [5, 5.41) is 0. The minimum atomic E-state index is -4.19. The second-order valence-electron chi connectivity index (χ2n) is 4.87. The molecule has 0 heterocycles. The van der Waals surface area contributed by atoms with E-state index in [0.717, 1.165) is 29.1 Å². The van der Waals surface area contributed by atoms with E-state index in [2.05, 4.69) is 0 Å². The Bertz CT molecular complexity index is 458. The summed E-state index contributed by atoms with van der Waals surface area (Å²) in [6.45, 7) is 1.39. The van der Waals surface area contributed by atoms with Crippen LogP contribution < -0.4 is 10.6 Å². The Kier molecular flexibility index (Phi) is 4.86. The average Bonchev–Trinajstić information content (AvgIpc) is 3.19. The lowest BCUT2D eigenvalue weighted by Gasteiger charge is -2.28. The molecule has 1 aliphatic rings. The van der Waals surface area contributed by atoms with E-state index in [-0.39, 0.29) is 12.6 Å². The van der Waals surface area contributed by atoms with Crippen molar-refractivity contribution in [3.63, 3.8) is 0 Å². The highest BCUT2D eigenvalue weighted by Crippen LogP contribution is 2.38. The van der Waals surface area contributed by atoms with Gasteiger partial charge in [-0.25, -0.2) is 0 Å². The summed E-state index contributed by atoms with van der Waals surface area (Å²) in [5.41, 5.74) is 7.26. The van der Waals surface area contributed by atoms with Gasteiger partial charge in [-0.05, 0) is 30.7 Å². The number of alkyl halides is 3. The van der Waals surface area contributed by atoms with Crippen molar-refractivity contribution in [3.05, 3.63) is 23.8 Å². The zero-order valence-corrected chi connectivity index (χ0v) is 12.2. The number of hydrogen-bond donors (Lipinski definition) is 1. The molecule has 0 atom stereocenters. The Hall–Kier alpha value is -0.880. The second-order valence-corrected chi connectivity index (χ2v) is 6.17. The Morgan fingerprint density at radius 2 is 2.05 bits per heavy atom. The SMILES string of the molecule is CCSc1cccc(N(CC(F)(F)F)C2CC2)c1CN. The van der Waals surface area contributed by atoms with Crippen molar-refractivity contribution in [1.29, 1.82) is 0 Å². The molecule has 1 saturated carbocycles. The maximum atomic E-state index is 12.8. The first kappa shape index (κ1) is 15.5. The molecule has 0 aliphatic heterocycles. The topological polar surface area (TPSA) is 29.3 Å². The molecular weight excluding hydrogens is 285 g/mol. The molecule has 0 unspecified atom stereocenters. The molecule has 0 radical (unpaired) electrons. The van der Waals surface area contributed by atoms with Gasteiger partial charge < -0.3 is 10.6 Å². The van der Waals surface area contributed by atoms with Crippen LogP contribution in [-0.2, 0) is 6.54 Å². The molecule has 6 heteroatoms. The van der Waals surface area contributed by atoms with Crippen LogP contribution in [0.15, 0.2) is 23.1 Å². The first-order valence-corrected chi connectivity index (χ1v) is 7.73. The minimum absolute atomic E-state index is 0.00352. The van der Waals surface area contributed by atoms with E-state index in [4.69, 9.17) is 5.73 Å². The average molecular weight is 304 g/mol. The number of halogens is 3. The molecule has 0 spiro atoms. The Morgan fingerprint density at radius 1 is 1.35 bits per heavy atom. The number of rotatable bonds is 6. The number of benzene rings is 1. The molecule has 1 aromatic rings. The molecule has 1 fully saturated rings. The highest BCUT2D eigenvalue weighted by molar-refractivity contribution is 7.99. The van der Waals surface area contributed by atoms with Gasteiger partial charge in [0.05, 0.1) is 0 Å². The van der Waals surface area contributed by atoms with Gasteiger partial charge in [0.1, 0.15) is 6.54 Å². The number of anilines is 1. The van der Waals surface area contributed by atoms with Gasteiger partial charge in [0.15, 0.2) is 0 Å². The molecule has 1 aromatic carbocycles. The summed E-state index contributed by atoms with van der Waals surface area (Å²) in [5.74, 6) is 0.874. The van der Waals surface area contributed by atoms with Crippen LogP contribution in [0.1, 0.15) is 25.3 Å². The van der Waals surface area contributed by atoms with E-state index < -0.39 is 12.7 Å². The van der Waals surface area contributed by atoms with Gasteiger partial charge in [0.25, 0.3) is 0 Å². The van der Waals surface area contributed by atoms with Crippen LogP contribution in [0.25, 0.3) is 0 Å². The maximum Gasteiger partial charge on any atom is 0.405 e. The van der Waals surface area contributed by atoms with Crippen LogP contribution in [-0.4, -0.2) is 24.5 Å². The Balaban J connectivity index is 2.34. The summed E-state index contributed by atoms with van der Waals surface area (Å²) in [4.78, 5) is 2.46. The highest BCUT2D eigenvalue weighted by atomic mass is 32.2. The zero-order chi connectivity index (χ0) is 14.8. The van der Waals surface area contributed by atoms with Crippen LogP contribution in [0.4, 0.5) is 18.9 Å². The van der Waals surface area contributed by atoms with Gasteiger partial charge in [-0.3, -0.25) is 0 Å². The molecular formula is C14H19F3N2S. The molecule has 2 N–H and O–H groups in total. The van der Waals surface area contributed by atoms with Crippen LogP contribution in [0.5, 0.6) is 0 Å². The minimum Gasteiger partial charge on any atom is -0.359 e. The molecule has 0 amide bonds. The number of hydrogen-bond acceptors (Lipinski definition) is 3. The standard InChI is InChI=1S/C14H19F3N2S/c1-2-20-13-5-3-4-12(11(13)8-18)19(10-6-7-10)9-14(15,16)17/h3-5,10H,2,6-9,18H2,1H3. The quantitative estimate of drug-likeness (QED) is 0.811. The molecule has 20 heavy (non-hydrogen) atoms. The van der Waals surface area contributed by atoms with Crippen molar-refractivity contribution in [2.75, 3.05) is 17.2 Å². The van der Waals surface area contributed by atoms with Crippen LogP contribution >= 0.6 is 11.8 Å². The smallest absolute Gasteiger partial charge is 0.359 e. The van der Waals surface area contributed by atoms with Gasteiger partial charge in [-0.2, -0.15) is 13.2 Å². The van der Waals surface area contributed by atoms with Crippen molar-refractivity contribution in [2.45, 2.75) is 43.4 Å². The fourth-order valence-corrected chi connectivity index (χ4v) is 3.16. The zero-order valence-electron chi connectivity index (χ0n) is 11.4. The van der Waals surface area contributed by atoms with Gasteiger partial charge in [0, 0.05) is 28.7 Å². The summed E-state index contributed by atoms with van der Waals surface area (Å²) in [7, 11) is 0. The molecule has 0 aromatic heterocycles. The third-order valence-corrected chi connectivity index (χ3v) is 4.24. The highest BCUT2D eigenvalue weighted by Gasteiger charge is 2.39. The summed E-state index contributed by atoms with van der Waals surface area (Å²) >= 11 is 1.62. The van der Waals surface area contributed by atoms with Gasteiger partial charge in [0.2, 0.25) is 0 Å². The van der Waals surface area contributed by atoms with Crippen LogP contribution in [0, 0.1) is 0 Å². The van der Waals surface area contributed by atoms with Crippen molar-refractivity contribution in [3.8, 4) is 0 Å². The number of nitrogens with zero attached hydrogens (tertiary/aromatic N) is 1. The summed E-state index contributed by atoms with van der Waals surface area (Å²) < 4.78 is 38.4. The van der Waals surface area contributed by atoms with Crippen molar-refractivity contribution >= 4 is 17.4 Å². The Morgan fingerprint density at radius 3 is 2.55 bits per heavy atom. The molecule has 0 bridgehead atoms. The lowest BCUT2D eigenvalue weighted by Crippen LogP contribution is -2.36. The molecule has 1 aliphatic carbocycles. The van der Waals surface area contributed by atoms with E-state index in [1.807, 2.05) is 19.1 Å². The summed E-state index contributed by atoms with van der Waals surface area (Å²) in [6.07, 6.45) is -2.54. The lowest BCUT2D eigenvalue weighted by atomic mass is 10.1. The predicted molar refractivity (Wildman–Crippen MR) is 77.2 cm³/mol. The second kappa shape index (κ2) is 6.26. The number of nitrogens with two attached hydrogens (primary N) is 1. The molecule has 112 valence electrons. The van der Waals surface area contributed by atoms with Crippen molar-refractivity contribution in [2.24, 2.45) is 5.73 Å². The molecule has 2 rings (SSSR count). The van der Waals surface area contributed by atoms with Crippen LogP contribution in [0.2, 0.25) is 0 Å². The largest absolute Gasteiger partial charge is 0.405 e. The van der Waals surface area contributed by atoms with Gasteiger partial charge >= 0.3 is 6.18 Å². The van der Waals surface area contributed by atoms with E-state index in [1.54, 1.807) is 17.8 Å². The van der Waals surface area contributed by atoms with E-state index in [0.29, 0.717) is 5.69 Å². The van der Waals surface area contributed by atoms with E-state index >= 15 is 0 Å². The summed E-state index contributed by atoms with van der Waals surface area (Å²) in [6, 6.07) is 5.51. The van der Waals surface area contributed by atoms with E-state index in [9.17, 15) is 13.2 Å². The van der Waals surface area contributed by atoms with Crippen LogP contribution in [0.3, 0.4) is 0 Å². The van der Waals surface area contributed by atoms with E-state index in [1.165, 1.54) is 4.90 Å². The van der Waals surface area contributed by atoms with Gasteiger partial charge in [-0.15, -0.1) is 11.8 Å². The third-order valence-electron chi connectivity index (χ3n) is 3.26. The molecule has 2 nitrogen and oxygen atoms in total. The number of thioether (sulfide) groups is 1. The molecule has 0 saturated heterocycles. The lowest BCUT2D eigenvalue weighted by molar-refractivity contribution is -0.120. The maximum absolute atomic E-state index is 12.8. The van der Waals surface area contributed by atoms with Crippen molar-refractivity contribution in [1.82, 2.24) is 0 Å². The third kappa shape index (κ3) is 3.82. The predicted octanol–water partition coefficient (Wildman–Crippen LogP) is 3.79.